The Morgan fingerprint density at radius 2 is 2.26 bits per heavy atom. The van der Waals surface area contributed by atoms with Crippen LogP contribution in [0.1, 0.15) is 37.9 Å². The van der Waals surface area contributed by atoms with Crippen LogP contribution in [0.3, 0.4) is 0 Å². The molecule has 3 heteroatoms. The van der Waals surface area contributed by atoms with Gasteiger partial charge in [-0.1, -0.05) is 13.0 Å². The van der Waals surface area contributed by atoms with Crippen LogP contribution in [-0.2, 0) is 13.0 Å². The van der Waals surface area contributed by atoms with Crippen molar-refractivity contribution in [3.05, 3.63) is 29.6 Å². The summed E-state index contributed by atoms with van der Waals surface area (Å²) in [5.74, 6) is 0.935. The second-order valence-corrected chi connectivity index (χ2v) is 6.09. The Labute approximate surface area is 116 Å². The molecule has 1 saturated heterocycles. The summed E-state index contributed by atoms with van der Waals surface area (Å²) in [6.45, 7) is 7.86. The number of pyridine rings is 1. The molecule has 1 saturated carbocycles. The van der Waals surface area contributed by atoms with Crippen LogP contribution in [0, 0.1) is 5.92 Å². The maximum atomic E-state index is 4.60. The first-order valence-electron chi connectivity index (χ1n) is 7.68. The van der Waals surface area contributed by atoms with Gasteiger partial charge in [0.1, 0.15) is 0 Å². The average molecular weight is 259 g/mol. The Morgan fingerprint density at radius 3 is 3.00 bits per heavy atom. The highest BCUT2D eigenvalue weighted by atomic mass is 15.2. The van der Waals surface area contributed by atoms with Crippen LogP contribution >= 0.6 is 0 Å². The zero-order chi connectivity index (χ0) is 13.2. The van der Waals surface area contributed by atoms with Crippen molar-refractivity contribution in [3.8, 4) is 0 Å². The van der Waals surface area contributed by atoms with Gasteiger partial charge in [0.15, 0.2) is 0 Å². The third-order valence-corrected chi connectivity index (χ3v) is 4.64. The normalized spacial score (nSPS) is 28.5. The molecule has 1 N–H and O–H groups in total. The van der Waals surface area contributed by atoms with Gasteiger partial charge < -0.3 is 5.32 Å². The van der Waals surface area contributed by atoms with Crippen LogP contribution in [-0.4, -0.2) is 35.1 Å². The van der Waals surface area contributed by atoms with Crippen molar-refractivity contribution in [1.29, 1.82) is 0 Å². The maximum absolute atomic E-state index is 4.60. The number of aryl methyl sites for hydroxylation is 1. The van der Waals surface area contributed by atoms with Crippen molar-refractivity contribution >= 4 is 0 Å². The topological polar surface area (TPSA) is 28.2 Å². The fraction of sp³-hybridized carbons (Fsp3) is 0.688. The van der Waals surface area contributed by atoms with Gasteiger partial charge in [-0.2, -0.15) is 0 Å². The molecule has 0 radical (unpaired) electrons. The predicted octanol–water partition coefficient (Wildman–Crippen LogP) is 2.22. The average Bonchev–Trinajstić information content (AvgIpc) is 3.26. The molecular formula is C16H25N3. The summed E-state index contributed by atoms with van der Waals surface area (Å²) in [5, 5.41) is 3.71. The molecule has 1 aromatic rings. The first kappa shape index (κ1) is 13.1. The number of aromatic nitrogens is 1. The molecule has 3 rings (SSSR count). The van der Waals surface area contributed by atoms with E-state index in [-0.39, 0.29) is 0 Å². The molecule has 2 unspecified atom stereocenters. The van der Waals surface area contributed by atoms with Gasteiger partial charge in [0.25, 0.3) is 0 Å². The Balaban J connectivity index is 1.69. The van der Waals surface area contributed by atoms with E-state index in [0.29, 0.717) is 12.1 Å². The molecule has 0 bridgehead atoms. The van der Waals surface area contributed by atoms with Crippen molar-refractivity contribution < 1.29 is 0 Å². The zero-order valence-corrected chi connectivity index (χ0v) is 12.1. The Bertz CT molecular complexity index is 428. The Hall–Kier alpha value is -0.930. The van der Waals surface area contributed by atoms with E-state index in [0.717, 1.165) is 25.4 Å². The number of nitrogens with one attached hydrogen (secondary N) is 1. The first-order chi connectivity index (χ1) is 9.28. The van der Waals surface area contributed by atoms with Crippen LogP contribution in [0.15, 0.2) is 18.3 Å². The van der Waals surface area contributed by atoms with Crippen LogP contribution in [0.2, 0.25) is 0 Å². The van der Waals surface area contributed by atoms with E-state index in [4.69, 9.17) is 0 Å². The molecule has 0 aromatic carbocycles. The van der Waals surface area contributed by atoms with E-state index in [2.05, 4.69) is 41.2 Å². The van der Waals surface area contributed by atoms with Crippen molar-refractivity contribution in [1.82, 2.24) is 15.2 Å². The number of hydrogen-bond donors (Lipinski definition) is 1. The van der Waals surface area contributed by atoms with Crippen molar-refractivity contribution in [3.63, 3.8) is 0 Å². The second-order valence-electron chi connectivity index (χ2n) is 6.09. The number of nitrogens with zero attached hydrogens (tertiary/aromatic N) is 2. The van der Waals surface area contributed by atoms with E-state index < -0.39 is 0 Å². The lowest BCUT2D eigenvalue weighted by Gasteiger charge is -2.39. The summed E-state index contributed by atoms with van der Waals surface area (Å²) in [5.41, 5.74) is 2.67. The molecule has 1 aliphatic heterocycles. The minimum Gasteiger partial charge on any atom is -0.311 e. The van der Waals surface area contributed by atoms with Gasteiger partial charge in [-0.15, -0.1) is 0 Å². The summed E-state index contributed by atoms with van der Waals surface area (Å²) < 4.78 is 0. The van der Waals surface area contributed by atoms with E-state index in [1.807, 2.05) is 6.20 Å². The van der Waals surface area contributed by atoms with Gasteiger partial charge in [-0.3, -0.25) is 9.88 Å². The number of rotatable bonds is 4. The van der Waals surface area contributed by atoms with Gasteiger partial charge >= 0.3 is 0 Å². The highest BCUT2D eigenvalue weighted by Crippen LogP contribution is 2.34. The van der Waals surface area contributed by atoms with Crippen LogP contribution < -0.4 is 5.32 Å². The molecule has 0 amide bonds. The smallest absolute Gasteiger partial charge is 0.0575 e. The van der Waals surface area contributed by atoms with Gasteiger partial charge in [-0.05, 0) is 43.7 Å². The molecule has 0 spiro atoms. The maximum Gasteiger partial charge on any atom is 0.0575 e. The fourth-order valence-corrected chi connectivity index (χ4v) is 3.11. The van der Waals surface area contributed by atoms with E-state index >= 15 is 0 Å². The van der Waals surface area contributed by atoms with Crippen LogP contribution in [0.25, 0.3) is 0 Å². The Morgan fingerprint density at radius 1 is 1.42 bits per heavy atom. The third kappa shape index (κ3) is 2.98. The highest BCUT2D eigenvalue weighted by molar-refractivity contribution is 5.19. The number of piperazine rings is 1. The molecule has 2 heterocycles. The minimum atomic E-state index is 0.613. The van der Waals surface area contributed by atoms with Crippen molar-refractivity contribution in [2.75, 3.05) is 13.1 Å². The van der Waals surface area contributed by atoms with E-state index in [9.17, 15) is 0 Å². The monoisotopic (exact) mass is 259 g/mol. The molecule has 2 fully saturated rings. The molecule has 2 aliphatic rings. The largest absolute Gasteiger partial charge is 0.311 e. The standard InChI is InChI=1S/C16H25N3/c1-3-13-5-4-8-17-15(13)10-19-11-16(14-6-7-14)18-9-12(19)2/h4-5,8,12,14,16,18H,3,6-7,9-11H2,1-2H3. The van der Waals surface area contributed by atoms with Crippen molar-refractivity contribution in [2.24, 2.45) is 5.92 Å². The molecule has 2 atom stereocenters. The summed E-state index contributed by atoms with van der Waals surface area (Å²) in [7, 11) is 0. The minimum absolute atomic E-state index is 0.613. The van der Waals surface area contributed by atoms with Gasteiger partial charge in [-0.25, -0.2) is 0 Å². The molecule has 104 valence electrons. The zero-order valence-electron chi connectivity index (χ0n) is 12.1. The lowest BCUT2D eigenvalue weighted by Crippen LogP contribution is -2.55. The van der Waals surface area contributed by atoms with E-state index in [1.165, 1.54) is 30.6 Å². The van der Waals surface area contributed by atoms with Crippen LogP contribution in [0.5, 0.6) is 0 Å². The Kier molecular flexibility index (Phi) is 3.85. The fourth-order valence-electron chi connectivity index (χ4n) is 3.11. The lowest BCUT2D eigenvalue weighted by atomic mass is 10.0. The van der Waals surface area contributed by atoms with Gasteiger partial charge in [0.2, 0.25) is 0 Å². The van der Waals surface area contributed by atoms with Gasteiger partial charge in [0, 0.05) is 37.9 Å². The lowest BCUT2D eigenvalue weighted by molar-refractivity contribution is 0.123. The summed E-state index contributed by atoms with van der Waals surface area (Å²) in [4.78, 5) is 7.21. The molecule has 3 nitrogen and oxygen atoms in total. The van der Waals surface area contributed by atoms with Gasteiger partial charge in [0.05, 0.1) is 5.69 Å². The predicted molar refractivity (Wildman–Crippen MR) is 78.0 cm³/mol. The van der Waals surface area contributed by atoms with E-state index in [1.54, 1.807) is 0 Å². The molecule has 19 heavy (non-hydrogen) atoms. The van der Waals surface area contributed by atoms with Crippen LogP contribution in [0.4, 0.5) is 0 Å². The highest BCUT2D eigenvalue weighted by Gasteiger charge is 2.36. The van der Waals surface area contributed by atoms with Crippen molar-refractivity contribution in [2.45, 2.75) is 51.7 Å². The molecular weight excluding hydrogens is 234 g/mol. The SMILES string of the molecule is CCc1cccnc1CN1CC(C2CC2)NCC1C. The summed E-state index contributed by atoms with van der Waals surface area (Å²) in [6.07, 6.45) is 5.85. The summed E-state index contributed by atoms with van der Waals surface area (Å²) in [6, 6.07) is 5.59. The molecule has 1 aliphatic carbocycles. The quantitative estimate of drug-likeness (QED) is 0.898. The first-order valence-corrected chi connectivity index (χ1v) is 7.68. The summed E-state index contributed by atoms with van der Waals surface area (Å²) >= 11 is 0. The second kappa shape index (κ2) is 5.59. The molecule has 1 aromatic heterocycles. The third-order valence-electron chi connectivity index (χ3n) is 4.64. The number of hydrogen-bond acceptors (Lipinski definition) is 3.